The first-order chi connectivity index (χ1) is 15.3. The average Bonchev–Trinajstić information content (AvgIpc) is 3.27. The Hall–Kier alpha value is -2.41. The Bertz CT molecular complexity index is 1110. The summed E-state index contributed by atoms with van der Waals surface area (Å²) in [5.74, 6) is -1.36. The Morgan fingerprint density at radius 1 is 1.16 bits per heavy atom. The molecular weight excluding hydrogens is 474 g/mol. The maximum Gasteiger partial charge on any atom is 0.413 e. The number of thioether (sulfide) groups is 1. The van der Waals surface area contributed by atoms with Crippen molar-refractivity contribution in [2.24, 2.45) is 5.92 Å². The number of hydrogen-bond donors (Lipinski definition) is 2. The van der Waals surface area contributed by atoms with Crippen LogP contribution in [-0.4, -0.2) is 57.1 Å². The lowest BCUT2D eigenvalue weighted by Gasteiger charge is -2.31. The second-order valence-electron chi connectivity index (χ2n) is 6.93. The molecule has 3 rings (SSSR count). The zero-order valence-electron chi connectivity index (χ0n) is 17.5. The first-order valence-corrected chi connectivity index (χ1v) is 13.2. The van der Waals surface area contributed by atoms with Gasteiger partial charge in [0.1, 0.15) is 5.00 Å². The minimum absolute atomic E-state index is 0.155. The van der Waals surface area contributed by atoms with Crippen LogP contribution in [-0.2, 0) is 19.6 Å². The van der Waals surface area contributed by atoms with Crippen molar-refractivity contribution in [3.8, 4) is 0 Å². The summed E-state index contributed by atoms with van der Waals surface area (Å²) in [4.78, 5) is 37.1. The molecule has 0 aliphatic carbocycles. The van der Waals surface area contributed by atoms with Crippen LogP contribution in [0.25, 0.3) is 0 Å². The van der Waals surface area contributed by atoms with Crippen molar-refractivity contribution < 1.29 is 27.5 Å². The number of alkyl carbamates (subject to hydrolysis) is 1. The summed E-state index contributed by atoms with van der Waals surface area (Å²) in [5, 5.41) is 6.73. The van der Waals surface area contributed by atoms with Crippen LogP contribution in [0.3, 0.4) is 0 Å². The van der Waals surface area contributed by atoms with Crippen molar-refractivity contribution in [1.29, 1.82) is 0 Å². The minimum atomic E-state index is -3.65. The molecule has 0 atom stereocenters. The van der Waals surface area contributed by atoms with Gasteiger partial charge in [0.25, 0.3) is 5.91 Å². The molecule has 12 heteroatoms. The number of methoxy groups -OCH3 is 1. The second-order valence-corrected chi connectivity index (χ2v) is 10.6. The molecule has 32 heavy (non-hydrogen) atoms. The third-order valence-electron chi connectivity index (χ3n) is 5.06. The number of benzene rings is 1. The van der Waals surface area contributed by atoms with Crippen molar-refractivity contribution in [2.75, 3.05) is 31.8 Å². The van der Waals surface area contributed by atoms with Gasteiger partial charge in [0.05, 0.1) is 17.6 Å². The smallest absolute Gasteiger partial charge is 0.413 e. The van der Waals surface area contributed by atoms with Gasteiger partial charge in [-0.3, -0.25) is 14.9 Å². The van der Waals surface area contributed by atoms with Crippen molar-refractivity contribution in [1.82, 2.24) is 9.62 Å². The quantitative estimate of drug-likeness (QED) is 0.588. The average molecular weight is 498 g/mol. The number of ether oxygens (including phenoxy) is 1. The van der Waals surface area contributed by atoms with Gasteiger partial charge >= 0.3 is 6.09 Å². The lowest BCUT2D eigenvalue weighted by Crippen LogP contribution is -2.41. The van der Waals surface area contributed by atoms with E-state index in [1.807, 2.05) is 6.26 Å². The lowest BCUT2D eigenvalue weighted by atomic mass is 9.97. The maximum atomic E-state index is 13.1. The fraction of sp³-hybridized carbons (Fsp3) is 0.350. The van der Waals surface area contributed by atoms with Gasteiger partial charge in [-0.05, 0) is 42.7 Å². The molecule has 1 saturated heterocycles. The van der Waals surface area contributed by atoms with E-state index in [0.29, 0.717) is 22.7 Å². The lowest BCUT2D eigenvalue weighted by molar-refractivity contribution is -0.120. The van der Waals surface area contributed by atoms with Gasteiger partial charge in [0.2, 0.25) is 15.9 Å². The van der Waals surface area contributed by atoms with E-state index < -0.39 is 27.9 Å². The number of carbonyl (C=O) groups excluding carboxylic acids is 3. The molecule has 3 amide bonds. The normalized spacial score (nSPS) is 15.2. The van der Waals surface area contributed by atoms with Crippen molar-refractivity contribution in [2.45, 2.75) is 22.6 Å². The van der Waals surface area contributed by atoms with E-state index in [1.165, 1.54) is 22.1 Å². The van der Waals surface area contributed by atoms with E-state index in [0.717, 1.165) is 18.4 Å². The van der Waals surface area contributed by atoms with E-state index >= 15 is 0 Å². The summed E-state index contributed by atoms with van der Waals surface area (Å²) in [7, 11) is -2.51. The molecule has 2 aromatic rings. The first-order valence-electron chi connectivity index (χ1n) is 9.68. The number of carbonyl (C=O) groups is 3. The van der Waals surface area contributed by atoms with Crippen LogP contribution >= 0.6 is 23.1 Å². The number of piperidine rings is 1. The van der Waals surface area contributed by atoms with Crippen molar-refractivity contribution >= 4 is 56.0 Å². The zero-order chi connectivity index (χ0) is 23.3. The number of amides is 3. The molecule has 0 spiro atoms. The molecule has 1 aromatic carbocycles. The maximum absolute atomic E-state index is 13.1. The third-order valence-corrected chi connectivity index (χ3v) is 8.77. The van der Waals surface area contributed by atoms with Crippen LogP contribution in [0.5, 0.6) is 0 Å². The topological polar surface area (TPSA) is 122 Å². The van der Waals surface area contributed by atoms with Crippen LogP contribution in [0.2, 0.25) is 0 Å². The third kappa shape index (κ3) is 5.31. The number of rotatable bonds is 6. The minimum Gasteiger partial charge on any atom is -0.453 e. The highest BCUT2D eigenvalue weighted by Crippen LogP contribution is 2.31. The number of nitrogens with one attached hydrogen (secondary N) is 2. The van der Waals surface area contributed by atoms with Gasteiger partial charge < -0.3 is 10.1 Å². The summed E-state index contributed by atoms with van der Waals surface area (Å²) >= 11 is 2.53. The fourth-order valence-corrected chi connectivity index (χ4v) is 6.72. The molecule has 1 aliphatic rings. The van der Waals surface area contributed by atoms with Gasteiger partial charge in [-0.25, -0.2) is 13.2 Å². The Morgan fingerprint density at radius 3 is 2.50 bits per heavy atom. The van der Waals surface area contributed by atoms with E-state index in [4.69, 9.17) is 0 Å². The molecule has 9 nitrogen and oxygen atoms in total. The van der Waals surface area contributed by atoms with Gasteiger partial charge in [-0.15, -0.1) is 23.1 Å². The molecule has 0 saturated carbocycles. The monoisotopic (exact) mass is 497 g/mol. The van der Waals surface area contributed by atoms with Crippen LogP contribution < -0.4 is 10.6 Å². The van der Waals surface area contributed by atoms with E-state index in [1.54, 1.807) is 29.6 Å². The number of thiophene rings is 1. The Kier molecular flexibility index (Phi) is 7.93. The Labute approximate surface area is 194 Å². The molecular formula is C20H23N3O6S3. The highest BCUT2D eigenvalue weighted by atomic mass is 32.2. The van der Waals surface area contributed by atoms with Crippen molar-refractivity contribution in [3.63, 3.8) is 0 Å². The summed E-state index contributed by atoms with van der Waals surface area (Å²) in [6.07, 6.45) is 1.66. The molecule has 0 bridgehead atoms. The van der Waals surface area contributed by atoms with Crippen LogP contribution in [0, 0.1) is 5.92 Å². The number of sulfonamides is 1. The Morgan fingerprint density at radius 2 is 1.84 bits per heavy atom. The molecule has 0 radical (unpaired) electrons. The van der Waals surface area contributed by atoms with Crippen LogP contribution in [0.4, 0.5) is 9.80 Å². The standard InChI is InChI=1S/C20H23N3O6S3/c1-29-20(26)22-18(25)14-9-12-31-19(14)21-17(24)13-7-10-23(11-8-13)32(27,28)16-6-4-3-5-15(16)30-2/h3-6,9,12-13H,7-8,10-11H2,1-2H3,(H,21,24)(H,22,25,26). The molecule has 1 aliphatic heterocycles. The second kappa shape index (κ2) is 10.5. The summed E-state index contributed by atoms with van der Waals surface area (Å²) < 4.78 is 31.9. The number of imide groups is 1. The highest BCUT2D eigenvalue weighted by molar-refractivity contribution is 7.99. The van der Waals surface area contributed by atoms with E-state index in [2.05, 4.69) is 15.4 Å². The van der Waals surface area contributed by atoms with Gasteiger partial charge in [-0.2, -0.15) is 4.31 Å². The zero-order valence-corrected chi connectivity index (χ0v) is 19.9. The van der Waals surface area contributed by atoms with Gasteiger partial charge in [0.15, 0.2) is 0 Å². The van der Waals surface area contributed by atoms with Gasteiger partial charge in [0, 0.05) is 23.9 Å². The van der Waals surface area contributed by atoms with E-state index in [9.17, 15) is 22.8 Å². The fourth-order valence-electron chi connectivity index (χ4n) is 3.34. The van der Waals surface area contributed by atoms with Gasteiger partial charge in [-0.1, -0.05) is 12.1 Å². The molecule has 172 valence electrons. The molecule has 1 fully saturated rings. The molecule has 0 unspecified atom stereocenters. The molecule has 2 heterocycles. The summed E-state index contributed by atoms with van der Waals surface area (Å²) in [6.45, 7) is 0.451. The largest absolute Gasteiger partial charge is 0.453 e. The number of anilines is 1. The first kappa shape index (κ1) is 24.2. The Balaban J connectivity index is 1.63. The molecule has 1 aromatic heterocycles. The van der Waals surface area contributed by atoms with E-state index in [-0.39, 0.29) is 29.5 Å². The van der Waals surface area contributed by atoms with Crippen LogP contribution in [0.1, 0.15) is 23.2 Å². The molecule has 2 N–H and O–H groups in total. The summed E-state index contributed by atoms with van der Waals surface area (Å²) in [5.41, 5.74) is 0.155. The highest BCUT2D eigenvalue weighted by Gasteiger charge is 2.33. The van der Waals surface area contributed by atoms with Crippen molar-refractivity contribution in [3.05, 3.63) is 41.3 Å². The predicted molar refractivity (Wildman–Crippen MR) is 123 cm³/mol. The SMILES string of the molecule is COC(=O)NC(=O)c1ccsc1NC(=O)C1CCN(S(=O)(=O)c2ccccc2SC)CC1. The summed E-state index contributed by atoms with van der Waals surface area (Å²) in [6, 6.07) is 8.36. The number of nitrogens with zero attached hydrogens (tertiary/aromatic N) is 1. The number of hydrogen-bond acceptors (Lipinski definition) is 8. The van der Waals surface area contributed by atoms with Crippen LogP contribution in [0.15, 0.2) is 45.5 Å². The predicted octanol–water partition coefficient (Wildman–Crippen LogP) is 3.01.